The van der Waals surface area contributed by atoms with Crippen LogP contribution in [0.25, 0.3) is 10.8 Å². The quantitative estimate of drug-likeness (QED) is 0.867. The molecule has 1 N–H and O–H groups in total. The Hall–Kier alpha value is -1.13. The molecule has 2 rings (SSSR count). The van der Waals surface area contributed by atoms with Crippen LogP contribution in [0.15, 0.2) is 16.7 Å². The molecule has 2 aromatic rings. The van der Waals surface area contributed by atoms with E-state index in [0.29, 0.717) is 0 Å². The van der Waals surface area contributed by atoms with Crippen molar-refractivity contribution in [2.45, 2.75) is 20.4 Å². The average molecular weight is 222 g/mol. The smallest absolute Gasteiger partial charge is 0.165 e. The highest BCUT2D eigenvalue weighted by molar-refractivity contribution is 7.15. The van der Waals surface area contributed by atoms with Gasteiger partial charge in [-0.15, -0.1) is 11.3 Å². The second-order valence-electron chi connectivity index (χ2n) is 3.49. The standard InChI is InChI=1S/C11H14N2OS/c1-7-4-5-14-10(7)11-13-8(2)9(15-11)6-12-3/h4-5,12H,6H2,1-3H3. The molecule has 0 fully saturated rings. The van der Waals surface area contributed by atoms with E-state index >= 15 is 0 Å². The van der Waals surface area contributed by atoms with Gasteiger partial charge >= 0.3 is 0 Å². The summed E-state index contributed by atoms with van der Waals surface area (Å²) in [5, 5.41) is 4.11. The summed E-state index contributed by atoms with van der Waals surface area (Å²) in [6, 6.07) is 1.96. The molecule has 0 aromatic carbocycles. The first kappa shape index (κ1) is 10.4. The second-order valence-corrected chi connectivity index (χ2v) is 4.57. The first-order chi connectivity index (χ1) is 7.22. The van der Waals surface area contributed by atoms with Crippen molar-refractivity contribution >= 4 is 11.3 Å². The minimum Gasteiger partial charge on any atom is -0.462 e. The predicted octanol–water partition coefficient (Wildman–Crippen LogP) is 2.74. The number of furan rings is 1. The third-order valence-electron chi connectivity index (χ3n) is 2.29. The van der Waals surface area contributed by atoms with Crippen LogP contribution in [0.4, 0.5) is 0 Å². The average Bonchev–Trinajstić information content (AvgIpc) is 2.75. The van der Waals surface area contributed by atoms with Gasteiger partial charge in [0.05, 0.1) is 12.0 Å². The normalized spacial score (nSPS) is 10.9. The highest BCUT2D eigenvalue weighted by atomic mass is 32.1. The van der Waals surface area contributed by atoms with Gasteiger partial charge in [0.2, 0.25) is 0 Å². The van der Waals surface area contributed by atoms with Crippen LogP contribution in [0.3, 0.4) is 0 Å². The maximum atomic E-state index is 5.42. The molecule has 3 nitrogen and oxygen atoms in total. The summed E-state index contributed by atoms with van der Waals surface area (Å²) in [7, 11) is 1.94. The fourth-order valence-corrected chi connectivity index (χ4v) is 2.57. The zero-order chi connectivity index (χ0) is 10.8. The van der Waals surface area contributed by atoms with E-state index in [9.17, 15) is 0 Å². The van der Waals surface area contributed by atoms with Crippen LogP contribution in [-0.2, 0) is 6.54 Å². The van der Waals surface area contributed by atoms with E-state index in [1.54, 1.807) is 17.6 Å². The van der Waals surface area contributed by atoms with E-state index in [-0.39, 0.29) is 0 Å². The van der Waals surface area contributed by atoms with E-state index in [1.807, 2.05) is 27.0 Å². The summed E-state index contributed by atoms with van der Waals surface area (Å²) in [4.78, 5) is 5.78. The molecule has 15 heavy (non-hydrogen) atoms. The molecule has 0 spiro atoms. The number of aryl methyl sites for hydroxylation is 2. The second kappa shape index (κ2) is 4.16. The van der Waals surface area contributed by atoms with Crippen molar-refractivity contribution in [2.24, 2.45) is 0 Å². The molecule has 0 aliphatic heterocycles. The fraction of sp³-hybridized carbons (Fsp3) is 0.364. The van der Waals surface area contributed by atoms with Gasteiger partial charge in [0.25, 0.3) is 0 Å². The lowest BCUT2D eigenvalue weighted by Crippen LogP contribution is -2.04. The number of nitrogens with zero attached hydrogens (tertiary/aromatic N) is 1. The van der Waals surface area contributed by atoms with Crippen molar-refractivity contribution in [1.82, 2.24) is 10.3 Å². The SMILES string of the molecule is CNCc1sc(-c2occc2C)nc1C. The molecule has 0 saturated heterocycles. The van der Waals surface area contributed by atoms with Crippen molar-refractivity contribution in [1.29, 1.82) is 0 Å². The van der Waals surface area contributed by atoms with Crippen molar-refractivity contribution in [3.05, 3.63) is 28.5 Å². The van der Waals surface area contributed by atoms with Gasteiger partial charge in [0.15, 0.2) is 10.8 Å². The molecule has 80 valence electrons. The van der Waals surface area contributed by atoms with Gasteiger partial charge in [0.1, 0.15) is 0 Å². The zero-order valence-corrected chi connectivity index (χ0v) is 9.94. The first-order valence-corrected chi connectivity index (χ1v) is 5.69. The monoisotopic (exact) mass is 222 g/mol. The Labute approximate surface area is 93.2 Å². The number of hydrogen-bond donors (Lipinski definition) is 1. The summed E-state index contributed by atoms with van der Waals surface area (Å²) >= 11 is 1.69. The third-order valence-corrected chi connectivity index (χ3v) is 3.44. The molecule has 0 unspecified atom stereocenters. The third kappa shape index (κ3) is 1.96. The largest absolute Gasteiger partial charge is 0.462 e. The van der Waals surface area contributed by atoms with Crippen LogP contribution in [-0.4, -0.2) is 12.0 Å². The van der Waals surface area contributed by atoms with Crippen molar-refractivity contribution < 1.29 is 4.42 Å². The van der Waals surface area contributed by atoms with Gasteiger partial charge in [0, 0.05) is 11.4 Å². The van der Waals surface area contributed by atoms with E-state index in [1.165, 1.54) is 4.88 Å². The van der Waals surface area contributed by atoms with E-state index < -0.39 is 0 Å². The van der Waals surface area contributed by atoms with Crippen molar-refractivity contribution in [3.63, 3.8) is 0 Å². The number of aromatic nitrogens is 1. The topological polar surface area (TPSA) is 38.1 Å². The molecule has 0 atom stereocenters. The van der Waals surface area contributed by atoms with Gasteiger partial charge < -0.3 is 9.73 Å². The number of rotatable bonds is 3. The van der Waals surface area contributed by atoms with Crippen molar-refractivity contribution in [2.75, 3.05) is 7.05 Å². The molecule has 4 heteroatoms. The summed E-state index contributed by atoms with van der Waals surface area (Å²) < 4.78 is 5.42. The Kier molecular flexibility index (Phi) is 2.88. The van der Waals surface area contributed by atoms with E-state index in [4.69, 9.17) is 4.42 Å². The molecule has 0 aliphatic rings. The Morgan fingerprint density at radius 3 is 2.87 bits per heavy atom. The van der Waals surface area contributed by atoms with Crippen LogP contribution in [0.5, 0.6) is 0 Å². The van der Waals surface area contributed by atoms with Crippen LogP contribution >= 0.6 is 11.3 Å². The molecule has 0 saturated carbocycles. The highest BCUT2D eigenvalue weighted by Gasteiger charge is 2.12. The van der Waals surface area contributed by atoms with Gasteiger partial charge in [-0.2, -0.15) is 0 Å². The lowest BCUT2D eigenvalue weighted by Gasteiger charge is -1.93. The number of nitrogens with one attached hydrogen (secondary N) is 1. The van der Waals surface area contributed by atoms with Crippen LogP contribution in [0.2, 0.25) is 0 Å². The zero-order valence-electron chi connectivity index (χ0n) is 9.13. The number of hydrogen-bond acceptors (Lipinski definition) is 4. The van der Waals surface area contributed by atoms with Crippen LogP contribution < -0.4 is 5.32 Å². The van der Waals surface area contributed by atoms with Gasteiger partial charge in [-0.1, -0.05) is 0 Å². The van der Waals surface area contributed by atoms with Gasteiger partial charge in [-0.3, -0.25) is 0 Å². The minimum atomic E-state index is 0.864. The Morgan fingerprint density at radius 1 is 1.47 bits per heavy atom. The van der Waals surface area contributed by atoms with E-state index in [0.717, 1.165) is 28.6 Å². The van der Waals surface area contributed by atoms with E-state index in [2.05, 4.69) is 10.3 Å². The summed E-state index contributed by atoms with van der Waals surface area (Å²) in [6.07, 6.45) is 1.71. The summed E-state index contributed by atoms with van der Waals surface area (Å²) in [5.74, 6) is 0.894. The van der Waals surface area contributed by atoms with Gasteiger partial charge in [-0.25, -0.2) is 4.98 Å². The van der Waals surface area contributed by atoms with Crippen LogP contribution in [0.1, 0.15) is 16.1 Å². The fourth-order valence-electron chi connectivity index (χ4n) is 1.44. The molecular formula is C11H14N2OS. The predicted molar refractivity (Wildman–Crippen MR) is 62.1 cm³/mol. The minimum absolute atomic E-state index is 0.864. The summed E-state index contributed by atoms with van der Waals surface area (Å²) in [6.45, 7) is 4.93. The number of thiazole rings is 1. The molecule has 0 radical (unpaired) electrons. The van der Waals surface area contributed by atoms with Crippen molar-refractivity contribution in [3.8, 4) is 10.8 Å². The summed E-state index contributed by atoms with van der Waals surface area (Å²) in [5.41, 5.74) is 2.22. The molecular weight excluding hydrogens is 208 g/mol. The lowest BCUT2D eigenvalue weighted by molar-refractivity contribution is 0.580. The maximum Gasteiger partial charge on any atom is 0.165 e. The molecule has 2 heterocycles. The Morgan fingerprint density at radius 2 is 2.27 bits per heavy atom. The Bertz CT molecular complexity index is 459. The maximum absolute atomic E-state index is 5.42. The first-order valence-electron chi connectivity index (χ1n) is 4.87. The molecule has 0 amide bonds. The molecule has 2 aromatic heterocycles. The lowest BCUT2D eigenvalue weighted by atomic mass is 10.3. The molecule has 0 bridgehead atoms. The van der Waals surface area contributed by atoms with Crippen LogP contribution in [0, 0.1) is 13.8 Å². The highest BCUT2D eigenvalue weighted by Crippen LogP contribution is 2.30. The Balaban J connectivity index is 2.38. The molecule has 0 aliphatic carbocycles. The van der Waals surface area contributed by atoms with Gasteiger partial charge in [-0.05, 0) is 32.5 Å².